The zero-order valence-electron chi connectivity index (χ0n) is 15.8. The molecule has 0 unspecified atom stereocenters. The van der Waals surface area contributed by atoms with Gasteiger partial charge in [0.05, 0.1) is 26.0 Å². The van der Waals surface area contributed by atoms with Crippen LogP contribution in [0.5, 0.6) is 5.88 Å². The highest BCUT2D eigenvalue weighted by molar-refractivity contribution is 6.31. The van der Waals surface area contributed by atoms with E-state index in [0.717, 1.165) is 58.0 Å². The first-order chi connectivity index (χ1) is 13.8. The fourth-order valence-corrected chi connectivity index (χ4v) is 3.47. The summed E-state index contributed by atoms with van der Waals surface area (Å²) in [7, 11) is 0. The minimum absolute atomic E-state index is 0.413. The molecule has 2 fully saturated rings. The van der Waals surface area contributed by atoms with Crippen molar-refractivity contribution in [2.75, 3.05) is 56.3 Å². The van der Waals surface area contributed by atoms with Crippen LogP contribution in [0.3, 0.4) is 0 Å². The van der Waals surface area contributed by atoms with Gasteiger partial charge in [-0.25, -0.2) is 4.98 Å². The van der Waals surface area contributed by atoms with E-state index in [-0.39, 0.29) is 0 Å². The summed E-state index contributed by atoms with van der Waals surface area (Å²) in [4.78, 5) is 11.0. The summed E-state index contributed by atoms with van der Waals surface area (Å²) in [6, 6.07) is 8.22. The number of aromatic nitrogens is 2. The van der Waals surface area contributed by atoms with Gasteiger partial charge in [0, 0.05) is 37.7 Å². The van der Waals surface area contributed by atoms with Crippen LogP contribution in [0.4, 0.5) is 17.3 Å². The van der Waals surface area contributed by atoms with Crippen LogP contribution in [0, 0.1) is 5.92 Å². The molecule has 0 amide bonds. The van der Waals surface area contributed by atoms with E-state index in [0.29, 0.717) is 29.4 Å². The lowest BCUT2D eigenvalue weighted by Gasteiger charge is -2.28. The number of morpholine rings is 1. The summed E-state index contributed by atoms with van der Waals surface area (Å²) in [5.74, 6) is 1.35. The summed E-state index contributed by atoms with van der Waals surface area (Å²) in [6.45, 7) is 5.55. The SMILES string of the molecule is Clc1cnc(Nc2ccc(N3CCOCC3)cc2)nc1OCC1CCOCC1. The highest BCUT2D eigenvalue weighted by Gasteiger charge is 2.16. The Balaban J connectivity index is 1.37. The first-order valence-electron chi connectivity index (χ1n) is 9.71. The summed E-state index contributed by atoms with van der Waals surface area (Å²) in [5.41, 5.74) is 2.10. The summed E-state index contributed by atoms with van der Waals surface area (Å²) >= 11 is 6.21. The third kappa shape index (κ3) is 5.04. The van der Waals surface area contributed by atoms with Crippen LogP contribution in [0.2, 0.25) is 5.02 Å². The van der Waals surface area contributed by atoms with Gasteiger partial charge in [0.2, 0.25) is 11.8 Å². The van der Waals surface area contributed by atoms with Gasteiger partial charge in [-0.15, -0.1) is 0 Å². The molecule has 150 valence electrons. The number of nitrogens with one attached hydrogen (secondary N) is 1. The molecule has 0 radical (unpaired) electrons. The second-order valence-corrected chi connectivity index (χ2v) is 7.39. The lowest BCUT2D eigenvalue weighted by atomic mass is 10.0. The third-order valence-corrected chi connectivity index (χ3v) is 5.27. The smallest absolute Gasteiger partial charge is 0.237 e. The van der Waals surface area contributed by atoms with Crippen LogP contribution in [-0.4, -0.2) is 56.1 Å². The fourth-order valence-electron chi connectivity index (χ4n) is 3.33. The van der Waals surface area contributed by atoms with Crippen molar-refractivity contribution in [1.82, 2.24) is 9.97 Å². The van der Waals surface area contributed by atoms with Crippen LogP contribution in [0.15, 0.2) is 30.5 Å². The average molecular weight is 405 g/mol. The second kappa shape index (κ2) is 9.41. The Hall–Kier alpha value is -2.09. The third-order valence-electron chi connectivity index (χ3n) is 5.01. The Bertz CT molecular complexity index is 763. The van der Waals surface area contributed by atoms with E-state index < -0.39 is 0 Å². The second-order valence-electron chi connectivity index (χ2n) is 6.98. The van der Waals surface area contributed by atoms with Crippen LogP contribution < -0.4 is 15.0 Å². The number of ether oxygens (including phenoxy) is 3. The number of anilines is 3. The van der Waals surface area contributed by atoms with Crippen molar-refractivity contribution in [2.24, 2.45) is 5.92 Å². The van der Waals surface area contributed by atoms with Gasteiger partial charge in [-0.05, 0) is 43.0 Å². The molecule has 0 spiro atoms. The van der Waals surface area contributed by atoms with Crippen molar-refractivity contribution in [2.45, 2.75) is 12.8 Å². The first-order valence-corrected chi connectivity index (χ1v) is 10.1. The van der Waals surface area contributed by atoms with Gasteiger partial charge >= 0.3 is 0 Å². The predicted molar refractivity (Wildman–Crippen MR) is 109 cm³/mol. The van der Waals surface area contributed by atoms with Gasteiger partial charge in [0.15, 0.2) is 0 Å². The van der Waals surface area contributed by atoms with Gasteiger partial charge in [0.1, 0.15) is 5.02 Å². The normalized spacial score (nSPS) is 18.1. The summed E-state index contributed by atoms with van der Waals surface area (Å²) in [6.07, 6.45) is 3.57. The molecule has 1 aromatic carbocycles. The lowest BCUT2D eigenvalue weighted by Crippen LogP contribution is -2.36. The van der Waals surface area contributed by atoms with Gasteiger partial charge in [-0.1, -0.05) is 11.6 Å². The molecule has 2 aliphatic heterocycles. The number of hydrogen-bond acceptors (Lipinski definition) is 7. The zero-order chi connectivity index (χ0) is 19.2. The van der Waals surface area contributed by atoms with Crippen molar-refractivity contribution in [3.8, 4) is 5.88 Å². The van der Waals surface area contributed by atoms with Crippen molar-refractivity contribution < 1.29 is 14.2 Å². The Kier molecular flexibility index (Phi) is 6.46. The molecule has 0 atom stereocenters. The van der Waals surface area contributed by atoms with Crippen LogP contribution in [0.1, 0.15) is 12.8 Å². The highest BCUT2D eigenvalue weighted by Crippen LogP contribution is 2.26. The van der Waals surface area contributed by atoms with E-state index in [9.17, 15) is 0 Å². The van der Waals surface area contributed by atoms with Gasteiger partial charge in [-0.2, -0.15) is 4.98 Å². The van der Waals surface area contributed by atoms with E-state index >= 15 is 0 Å². The molecule has 2 aromatic rings. The molecule has 0 aliphatic carbocycles. The quantitative estimate of drug-likeness (QED) is 0.789. The molecule has 8 heteroatoms. The van der Waals surface area contributed by atoms with Crippen molar-refractivity contribution in [3.63, 3.8) is 0 Å². The molecule has 1 aromatic heterocycles. The van der Waals surface area contributed by atoms with Crippen LogP contribution in [0.25, 0.3) is 0 Å². The molecule has 7 nitrogen and oxygen atoms in total. The highest BCUT2D eigenvalue weighted by atomic mass is 35.5. The van der Waals surface area contributed by atoms with E-state index in [4.69, 9.17) is 25.8 Å². The summed E-state index contributed by atoms with van der Waals surface area (Å²) in [5, 5.41) is 3.63. The number of nitrogens with zero attached hydrogens (tertiary/aromatic N) is 3. The van der Waals surface area contributed by atoms with Gasteiger partial charge in [-0.3, -0.25) is 0 Å². The lowest BCUT2D eigenvalue weighted by molar-refractivity contribution is 0.0490. The average Bonchev–Trinajstić information content (AvgIpc) is 2.76. The molecule has 1 N–H and O–H groups in total. The molecular formula is C20H25ClN4O3. The minimum Gasteiger partial charge on any atom is -0.476 e. The molecule has 0 bridgehead atoms. The maximum atomic E-state index is 6.21. The van der Waals surface area contributed by atoms with E-state index in [1.54, 1.807) is 6.20 Å². The summed E-state index contributed by atoms with van der Waals surface area (Å²) < 4.78 is 16.6. The largest absolute Gasteiger partial charge is 0.476 e. The minimum atomic E-state index is 0.413. The van der Waals surface area contributed by atoms with E-state index in [1.165, 1.54) is 5.69 Å². The van der Waals surface area contributed by atoms with Crippen LogP contribution in [-0.2, 0) is 9.47 Å². The van der Waals surface area contributed by atoms with Crippen molar-refractivity contribution in [3.05, 3.63) is 35.5 Å². The predicted octanol–water partition coefficient (Wildman–Crippen LogP) is 3.52. The number of hydrogen-bond donors (Lipinski definition) is 1. The molecule has 3 heterocycles. The Morgan fingerprint density at radius 1 is 1.07 bits per heavy atom. The maximum absolute atomic E-state index is 6.21. The fraction of sp³-hybridized carbons (Fsp3) is 0.500. The standard InChI is InChI=1S/C20H25ClN4O3/c21-18-13-22-20(24-19(18)28-14-15-5-9-26-10-6-15)23-16-1-3-17(4-2-16)25-7-11-27-12-8-25/h1-4,13,15H,5-12,14H2,(H,22,23,24). The number of halogens is 1. The van der Waals surface area contributed by atoms with Crippen molar-refractivity contribution in [1.29, 1.82) is 0 Å². The maximum Gasteiger partial charge on any atom is 0.237 e. The van der Waals surface area contributed by atoms with E-state index in [2.05, 4.69) is 32.3 Å². The first kappa shape index (κ1) is 19.2. The van der Waals surface area contributed by atoms with Gasteiger partial charge in [0.25, 0.3) is 0 Å². The Morgan fingerprint density at radius 2 is 1.79 bits per heavy atom. The molecule has 28 heavy (non-hydrogen) atoms. The molecule has 2 saturated heterocycles. The van der Waals surface area contributed by atoms with Crippen molar-refractivity contribution >= 4 is 28.9 Å². The Labute approximate surface area is 170 Å². The van der Waals surface area contributed by atoms with E-state index in [1.807, 2.05) is 12.1 Å². The van der Waals surface area contributed by atoms with Gasteiger partial charge < -0.3 is 24.4 Å². The molecule has 2 aliphatic rings. The molecule has 0 saturated carbocycles. The number of benzene rings is 1. The Morgan fingerprint density at radius 3 is 2.54 bits per heavy atom. The molecule has 4 rings (SSSR count). The molecular weight excluding hydrogens is 380 g/mol. The topological polar surface area (TPSA) is 68.7 Å². The zero-order valence-corrected chi connectivity index (χ0v) is 16.5. The van der Waals surface area contributed by atoms with Crippen LogP contribution >= 0.6 is 11.6 Å². The monoisotopic (exact) mass is 404 g/mol. The number of rotatable bonds is 6.